The second kappa shape index (κ2) is 5.60. The fourth-order valence-corrected chi connectivity index (χ4v) is 3.65. The van der Waals surface area contributed by atoms with Crippen molar-refractivity contribution in [3.8, 4) is 0 Å². The van der Waals surface area contributed by atoms with Gasteiger partial charge < -0.3 is 5.32 Å². The van der Waals surface area contributed by atoms with Crippen LogP contribution in [0.15, 0.2) is 4.90 Å². The minimum absolute atomic E-state index is 0.337. The average Bonchev–Trinajstić information content (AvgIpc) is 3.11. The third-order valence-corrected chi connectivity index (χ3v) is 5.09. The molecule has 0 bridgehead atoms. The fraction of sp³-hybridized carbons (Fsp3) is 0.750. The fourth-order valence-electron chi connectivity index (χ4n) is 2.13. The van der Waals surface area contributed by atoms with E-state index in [1.165, 1.54) is 0 Å². The smallest absolute Gasteiger partial charge is 0.244 e. The topological polar surface area (TPSA) is 76.0 Å². The molecule has 108 valence electrons. The molecule has 0 radical (unpaired) electrons. The summed E-state index contributed by atoms with van der Waals surface area (Å²) in [5, 5.41) is 7.35. The van der Waals surface area contributed by atoms with Gasteiger partial charge in [0.25, 0.3) is 0 Å². The number of rotatable bonds is 7. The molecule has 7 heteroatoms. The van der Waals surface area contributed by atoms with Gasteiger partial charge in [0.15, 0.2) is 0 Å². The maximum absolute atomic E-state index is 12.3. The summed E-state index contributed by atoms with van der Waals surface area (Å²) >= 11 is 0. The van der Waals surface area contributed by atoms with Crippen LogP contribution in [-0.4, -0.2) is 38.3 Å². The summed E-state index contributed by atoms with van der Waals surface area (Å²) < 4.78 is 29.1. The summed E-state index contributed by atoms with van der Waals surface area (Å²) in [6, 6.07) is 0. The minimum atomic E-state index is -3.43. The second-order valence-corrected chi connectivity index (χ2v) is 6.83. The van der Waals surface area contributed by atoms with E-state index in [4.69, 9.17) is 0 Å². The van der Waals surface area contributed by atoms with E-state index in [1.54, 1.807) is 18.5 Å². The molecule has 6 nitrogen and oxygen atoms in total. The zero-order valence-corrected chi connectivity index (χ0v) is 12.5. The van der Waals surface area contributed by atoms with E-state index < -0.39 is 10.0 Å². The van der Waals surface area contributed by atoms with E-state index in [0.29, 0.717) is 35.3 Å². The SMILES string of the molecule is CNCCn1nc(C)c(S(=O)(=O)NCC2CC2)c1C. The number of hydrogen-bond donors (Lipinski definition) is 2. The molecule has 0 unspecified atom stereocenters. The van der Waals surface area contributed by atoms with E-state index in [9.17, 15) is 8.42 Å². The predicted octanol–water partition coefficient (Wildman–Crippen LogP) is 0.408. The number of sulfonamides is 1. The van der Waals surface area contributed by atoms with Crippen LogP contribution >= 0.6 is 0 Å². The van der Waals surface area contributed by atoms with Crippen LogP contribution in [0, 0.1) is 19.8 Å². The van der Waals surface area contributed by atoms with Gasteiger partial charge in [-0.1, -0.05) is 0 Å². The minimum Gasteiger partial charge on any atom is -0.318 e. The van der Waals surface area contributed by atoms with Gasteiger partial charge in [-0.05, 0) is 39.7 Å². The van der Waals surface area contributed by atoms with Crippen LogP contribution < -0.4 is 10.0 Å². The molecule has 1 fully saturated rings. The normalized spacial score (nSPS) is 15.9. The number of nitrogens with one attached hydrogen (secondary N) is 2. The Morgan fingerprint density at radius 2 is 2.05 bits per heavy atom. The average molecular weight is 286 g/mol. The van der Waals surface area contributed by atoms with E-state index in [1.807, 2.05) is 7.05 Å². The summed E-state index contributed by atoms with van der Waals surface area (Å²) in [5.41, 5.74) is 1.27. The van der Waals surface area contributed by atoms with Crippen LogP contribution in [-0.2, 0) is 16.6 Å². The third-order valence-electron chi connectivity index (χ3n) is 3.42. The maximum Gasteiger partial charge on any atom is 0.244 e. The molecule has 1 heterocycles. The van der Waals surface area contributed by atoms with Crippen LogP contribution in [0.5, 0.6) is 0 Å². The zero-order valence-electron chi connectivity index (χ0n) is 11.7. The monoisotopic (exact) mass is 286 g/mol. The molecule has 0 aliphatic heterocycles. The zero-order chi connectivity index (χ0) is 14.0. The summed E-state index contributed by atoms with van der Waals surface area (Å²) in [7, 11) is -1.57. The summed E-state index contributed by atoms with van der Waals surface area (Å²) in [6.07, 6.45) is 2.25. The summed E-state index contributed by atoms with van der Waals surface area (Å²) in [6.45, 7) is 5.52. The quantitative estimate of drug-likeness (QED) is 0.761. The Bertz CT molecular complexity index is 546. The molecule has 0 aromatic carbocycles. The Kier molecular flexibility index (Phi) is 4.27. The van der Waals surface area contributed by atoms with E-state index >= 15 is 0 Å². The first-order valence-electron chi connectivity index (χ1n) is 6.64. The Balaban J connectivity index is 2.19. The Hall–Kier alpha value is -0.920. The first-order chi connectivity index (χ1) is 8.95. The molecule has 2 rings (SSSR count). The van der Waals surface area contributed by atoms with Crippen LogP contribution in [0.4, 0.5) is 0 Å². The molecule has 1 aliphatic rings. The van der Waals surface area contributed by atoms with Gasteiger partial charge in [-0.25, -0.2) is 13.1 Å². The molecule has 1 saturated carbocycles. The number of hydrogen-bond acceptors (Lipinski definition) is 4. The largest absolute Gasteiger partial charge is 0.318 e. The summed E-state index contributed by atoms with van der Waals surface area (Å²) in [4.78, 5) is 0.337. The molecule has 0 saturated heterocycles. The molecule has 19 heavy (non-hydrogen) atoms. The molecular formula is C12H22N4O2S. The van der Waals surface area contributed by atoms with Gasteiger partial charge in [0.05, 0.1) is 17.9 Å². The number of aromatic nitrogens is 2. The van der Waals surface area contributed by atoms with Crippen LogP contribution in [0.3, 0.4) is 0 Å². The van der Waals surface area contributed by atoms with E-state index in [0.717, 1.165) is 19.4 Å². The molecule has 1 aromatic rings. The van der Waals surface area contributed by atoms with Gasteiger partial charge in [0, 0.05) is 13.1 Å². The van der Waals surface area contributed by atoms with Crippen molar-refractivity contribution in [1.29, 1.82) is 0 Å². The van der Waals surface area contributed by atoms with Crippen LogP contribution in [0.25, 0.3) is 0 Å². The lowest BCUT2D eigenvalue weighted by atomic mass is 10.4. The van der Waals surface area contributed by atoms with Crippen molar-refractivity contribution >= 4 is 10.0 Å². The standard InChI is InChI=1S/C12H22N4O2S/c1-9-12(10(2)16(15-9)7-6-13-3)19(17,18)14-8-11-4-5-11/h11,13-14H,4-8H2,1-3H3. The van der Waals surface area contributed by atoms with Gasteiger partial charge in [0.2, 0.25) is 10.0 Å². The Morgan fingerprint density at radius 3 is 2.63 bits per heavy atom. The molecule has 1 aromatic heterocycles. The van der Waals surface area contributed by atoms with Gasteiger partial charge >= 0.3 is 0 Å². The maximum atomic E-state index is 12.3. The lowest BCUT2D eigenvalue weighted by Crippen LogP contribution is -2.27. The van der Waals surface area contributed by atoms with Gasteiger partial charge in [-0.3, -0.25) is 4.68 Å². The predicted molar refractivity (Wildman–Crippen MR) is 73.5 cm³/mol. The number of nitrogens with zero attached hydrogens (tertiary/aromatic N) is 2. The lowest BCUT2D eigenvalue weighted by molar-refractivity contribution is 0.563. The van der Waals surface area contributed by atoms with E-state index in [2.05, 4.69) is 15.1 Å². The van der Waals surface area contributed by atoms with E-state index in [-0.39, 0.29) is 0 Å². The molecule has 1 aliphatic carbocycles. The number of aryl methyl sites for hydroxylation is 1. The van der Waals surface area contributed by atoms with Crippen LogP contribution in [0.1, 0.15) is 24.2 Å². The molecule has 0 spiro atoms. The van der Waals surface area contributed by atoms with Gasteiger partial charge in [-0.2, -0.15) is 5.10 Å². The van der Waals surface area contributed by atoms with Crippen molar-refractivity contribution < 1.29 is 8.42 Å². The molecular weight excluding hydrogens is 264 g/mol. The van der Waals surface area contributed by atoms with Crippen molar-refractivity contribution in [1.82, 2.24) is 19.8 Å². The first-order valence-corrected chi connectivity index (χ1v) is 8.12. The Labute approximate surface area is 114 Å². The van der Waals surface area contributed by atoms with Crippen molar-refractivity contribution in [2.75, 3.05) is 20.1 Å². The van der Waals surface area contributed by atoms with Crippen molar-refractivity contribution in [3.63, 3.8) is 0 Å². The van der Waals surface area contributed by atoms with Crippen molar-refractivity contribution in [3.05, 3.63) is 11.4 Å². The highest BCUT2D eigenvalue weighted by atomic mass is 32.2. The van der Waals surface area contributed by atoms with Crippen molar-refractivity contribution in [2.24, 2.45) is 5.92 Å². The second-order valence-electron chi connectivity index (χ2n) is 5.12. The lowest BCUT2D eigenvalue weighted by Gasteiger charge is -2.07. The van der Waals surface area contributed by atoms with Gasteiger partial charge in [0.1, 0.15) is 4.90 Å². The highest BCUT2D eigenvalue weighted by Gasteiger charge is 2.28. The van der Waals surface area contributed by atoms with Crippen molar-refractivity contribution in [2.45, 2.75) is 38.1 Å². The Morgan fingerprint density at radius 1 is 1.37 bits per heavy atom. The van der Waals surface area contributed by atoms with Gasteiger partial charge in [-0.15, -0.1) is 0 Å². The number of likely N-dealkylation sites (N-methyl/N-ethyl adjacent to an activating group) is 1. The molecule has 0 atom stereocenters. The summed E-state index contributed by atoms with van der Waals surface area (Å²) in [5.74, 6) is 0.523. The third kappa shape index (κ3) is 3.34. The molecule has 2 N–H and O–H groups in total. The van der Waals surface area contributed by atoms with Crippen LogP contribution in [0.2, 0.25) is 0 Å². The highest BCUT2D eigenvalue weighted by molar-refractivity contribution is 7.89. The highest BCUT2D eigenvalue weighted by Crippen LogP contribution is 2.28. The first kappa shape index (κ1) is 14.5. The molecule has 0 amide bonds.